The van der Waals surface area contributed by atoms with Crippen molar-refractivity contribution in [3.05, 3.63) is 35.4 Å². The van der Waals surface area contributed by atoms with Crippen molar-refractivity contribution in [2.75, 3.05) is 13.1 Å². The zero-order valence-electron chi connectivity index (χ0n) is 12.7. The molecule has 1 heterocycles. The summed E-state index contributed by atoms with van der Waals surface area (Å²) in [6.45, 7) is 4.31. The molecule has 3 atom stereocenters. The number of hydrogen-bond acceptors (Lipinski definition) is 2. The van der Waals surface area contributed by atoms with Crippen LogP contribution in [0.3, 0.4) is 0 Å². The van der Waals surface area contributed by atoms with Gasteiger partial charge in [-0.1, -0.05) is 50.5 Å². The van der Waals surface area contributed by atoms with Crippen LogP contribution in [0.4, 0.5) is 0 Å². The summed E-state index contributed by atoms with van der Waals surface area (Å²) in [5.41, 5.74) is 9.16. The lowest BCUT2D eigenvalue weighted by atomic mass is 9.79. The molecule has 3 unspecified atom stereocenters. The highest BCUT2D eigenvalue weighted by molar-refractivity contribution is 5.33. The molecule has 1 fully saturated rings. The summed E-state index contributed by atoms with van der Waals surface area (Å²) in [5, 5.41) is 0. The van der Waals surface area contributed by atoms with Crippen LogP contribution in [0.2, 0.25) is 0 Å². The zero-order valence-corrected chi connectivity index (χ0v) is 12.7. The molecule has 2 nitrogen and oxygen atoms in total. The third-order valence-electron chi connectivity index (χ3n) is 5.50. The predicted octanol–water partition coefficient (Wildman–Crippen LogP) is 3.51. The first-order chi connectivity index (χ1) is 9.85. The van der Waals surface area contributed by atoms with Crippen LogP contribution in [-0.2, 0) is 6.42 Å². The van der Waals surface area contributed by atoms with Crippen molar-refractivity contribution in [3.63, 3.8) is 0 Å². The maximum Gasteiger partial charge on any atom is 0.0476 e. The Kier molecular flexibility index (Phi) is 4.42. The number of nitrogens with two attached hydrogens (primary N) is 1. The van der Waals surface area contributed by atoms with Crippen LogP contribution in [0.15, 0.2) is 24.3 Å². The minimum atomic E-state index is 0.442. The number of benzene rings is 1. The second-order valence-electron chi connectivity index (χ2n) is 6.46. The third kappa shape index (κ3) is 2.51. The maximum atomic E-state index is 6.16. The summed E-state index contributed by atoms with van der Waals surface area (Å²) < 4.78 is 0. The number of nitrogens with zero attached hydrogens (tertiary/aromatic N) is 1. The Labute approximate surface area is 123 Å². The quantitative estimate of drug-likeness (QED) is 0.912. The molecule has 2 aliphatic rings. The molecule has 0 aromatic heterocycles. The number of rotatable bonds is 3. The van der Waals surface area contributed by atoms with Crippen LogP contribution in [0, 0.1) is 5.92 Å². The Hall–Kier alpha value is -0.860. The Morgan fingerprint density at radius 1 is 1.20 bits per heavy atom. The van der Waals surface area contributed by atoms with Crippen molar-refractivity contribution in [3.8, 4) is 0 Å². The second-order valence-corrected chi connectivity index (χ2v) is 6.46. The van der Waals surface area contributed by atoms with E-state index in [1.165, 1.54) is 56.2 Å². The first-order valence-electron chi connectivity index (χ1n) is 8.38. The first kappa shape index (κ1) is 14.1. The summed E-state index contributed by atoms with van der Waals surface area (Å²) in [4.78, 5) is 2.75. The highest BCUT2D eigenvalue weighted by atomic mass is 15.2. The molecular weight excluding hydrogens is 244 g/mol. The van der Waals surface area contributed by atoms with Crippen LogP contribution < -0.4 is 5.73 Å². The molecular formula is C18H28N2. The van der Waals surface area contributed by atoms with Crippen molar-refractivity contribution in [1.82, 2.24) is 4.90 Å². The molecule has 0 radical (unpaired) electrons. The van der Waals surface area contributed by atoms with Crippen LogP contribution in [-0.4, -0.2) is 24.0 Å². The normalized spacial score (nSPS) is 31.0. The Bertz CT molecular complexity index is 443. The van der Waals surface area contributed by atoms with Gasteiger partial charge in [-0.3, -0.25) is 4.90 Å². The van der Waals surface area contributed by atoms with E-state index < -0.39 is 0 Å². The molecule has 0 saturated heterocycles. The van der Waals surface area contributed by atoms with E-state index in [9.17, 15) is 0 Å². The summed E-state index contributed by atoms with van der Waals surface area (Å²) in [6.07, 6.45) is 8.12. The molecule has 1 aliphatic heterocycles. The molecule has 20 heavy (non-hydrogen) atoms. The fourth-order valence-electron chi connectivity index (χ4n) is 4.43. The van der Waals surface area contributed by atoms with Crippen molar-refractivity contribution in [2.45, 2.75) is 57.5 Å². The molecule has 0 spiro atoms. The molecule has 1 saturated carbocycles. The summed E-state index contributed by atoms with van der Waals surface area (Å²) in [5.74, 6) is 0.878. The van der Waals surface area contributed by atoms with Crippen LogP contribution >= 0.6 is 0 Å². The van der Waals surface area contributed by atoms with Crippen LogP contribution in [0.5, 0.6) is 0 Å². The predicted molar refractivity (Wildman–Crippen MR) is 84.7 cm³/mol. The molecule has 1 aliphatic carbocycles. The summed E-state index contributed by atoms with van der Waals surface area (Å²) in [6, 6.07) is 10.1. The average Bonchev–Trinajstić information content (AvgIpc) is 2.53. The zero-order chi connectivity index (χ0) is 13.9. The van der Waals surface area contributed by atoms with E-state index in [0.717, 1.165) is 18.5 Å². The van der Waals surface area contributed by atoms with E-state index in [4.69, 9.17) is 5.73 Å². The third-order valence-corrected chi connectivity index (χ3v) is 5.50. The van der Waals surface area contributed by atoms with E-state index in [-0.39, 0.29) is 0 Å². The van der Waals surface area contributed by atoms with E-state index in [1.807, 2.05) is 0 Å². The van der Waals surface area contributed by atoms with Crippen molar-refractivity contribution in [1.29, 1.82) is 0 Å². The highest BCUT2D eigenvalue weighted by Crippen LogP contribution is 2.38. The van der Waals surface area contributed by atoms with Gasteiger partial charge in [0, 0.05) is 25.2 Å². The second kappa shape index (κ2) is 6.28. The minimum Gasteiger partial charge on any atom is -0.329 e. The molecule has 2 heteroatoms. The molecule has 1 aromatic rings. The molecule has 3 rings (SSSR count). The van der Waals surface area contributed by atoms with Gasteiger partial charge in [-0.25, -0.2) is 0 Å². The molecule has 110 valence electrons. The fourth-order valence-corrected chi connectivity index (χ4v) is 4.43. The Morgan fingerprint density at radius 3 is 2.80 bits per heavy atom. The van der Waals surface area contributed by atoms with Gasteiger partial charge in [-0.2, -0.15) is 0 Å². The van der Waals surface area contributed by atoms with E-state index in [0.29, 0.717) is 6.04 Å². The molecule has 0 bridgehead atoms. The van der Waals surface area contributed by atoms with Gasteiger partial charge >= 0.3 is 0 Å². The first-order valence-corrected chi connectivity index (χ1v) is 8.38. The van der Waals surface area contributed by atoms with E-state index >= 15 is 0 Å². The lowest BCUT2D eigenvalue weighted by Gasteiger charge is -2.46. The average molecular weight is 272 g/mol. The van der Waals surface area contributed by atoms with E-state index in [1.54, 1.807) is 0 Å². The van der Waals surface area contributed by atoms with Gasteiger partial charge in [0.15, 0.2) is 0 Å². The van der Waals surface area contributed by atoms with Crippen molar-refractivity contribution >= 4 is 0 Å². The summed E-state index contributed by atoms with van der Waals surface area (Å²) in [7, 11) is 0. The topological polar surface area (TPSA) is 29.3 Å². The van der Waals surface area contributed by atoms with Gasteiger partial charge in [0.1, 0.15) is 0 Å². The maximum absolute atomic E-state index is 6.16. The number of hydrogen-bond donors (Lipinski definition) is 1. The number of fused-ring (bicyclic) bond motifs is 1. The molecule has 1 aromatic carbocycles. The molecule has 0 amide bonds. The van der Waals surface area contributed by atoms with Crippen molar-refractivity contribution in [2.24, 2.45) is 11.7 Å². The van der Waals surface area contributed by atoms with Crippen LogP contribution in [0.25, 0.3) is 0 Å². The SMILES string of the molecule is CCC1CCCCC1N1CCc2ccccc2C1CN. The van der Waals surface area contributed by atoms with Gasteiger partial charge in [0.2, 0.25) is 0 Å². The van der Waals surface area contributed by atoms with Gasteiger partial charge in [0.25, 0.3) is 0 Å². The van der Waals surface area contributed by atoms with Gasteiger partial charge in [-0.15, -0.1) is 0 Å². The van der Waals surface area contributed by atoms with E-state index in [2.05, 4.69) is 36.1 Å². The fraction of sp³-hybridized carbons (Fsp3) is 0.667. The largest absolute Gasteiger partial charge is 0.329 e. The van der Waals surface area contributed by atoms with Crippen molar-refractivity contribution < 1.29 is 0 Å². The molecule has 2 N–H and O–H groups in total. The van der Waals surface area contributed by atoms with Gasteiger partial charge in [0.05, 0.1) is 0 Å². The lowest BCUT2D eigenvalue weighted by Crippen LogP contribution is -2.49. The standard InChI is InChI=1S/C18H28N2/c1-2-14-7-4-6-10-17(14)20-12-11-15-8-3-5-9-16(15)18(20)13-19/h3,5,8-9,14,17-18H,2,4,6-7,10-13,19H2,1H3. The van der Waals surface area contributed by atoms with Gasteiger partial charge < -0.3 is 5.73 Å². The smallest absolute Gasteiger partial charge is 0.0476 e. The summed E-state index contributed by atoms with van der Waals surface area (Å²) >= 11 is 0. The van der Waals surface area contributed by atoms with Crippen LogP contribution in [0.1, 0.15) is 56.2 Å². The monoisotopic (exact) mass is 272 g/mol. The lowest BCUT2D eigenvalue weighted by molar-refractivity contribution is 0.0567. The Balaban J connectivity index is 1.86. The highest BCUT2D eigenvalue weighted by Gasteiger charge is 2.35. The minimum absolute atomic E-state index is 0.442. The van der Waals surface area contributed by atoms with Gasteiger partial charge in [-0.05, 0) is 36.3 Å². The Morgan fingerprint density at radius 2 is 2.00 bits per heavy atom.